The van der Waals surface area contributed by atoms with Crippen molar-refractivity contribution in [1.82, 2.24) is 10.6 Å². The van der Waals surface area contributed by atoms with Crippen molar-refractivity contribution in [2.24, 2.45) is 0 Å². The van der Waals surface area contributed by atoms with Crippen molar-refractivity contribution in [3.05, 3.63) is 0 Å². The zero-order valence-corrected chi connectivity index (χ0v) is 11.1. The summed E-state index contributed by atoms with van der Waals surface area (Å²) in [4.78, 5) is 11.5. The van der Waals surface area contributed by atoms with Gasteiger partial charge in [0.25, 0.3) is 0 Å². The number of urea groups is 1. The number of nitrogens with one attached hydrogen (secondary N) is 2. The van der Waals surface area contributed by atoms with Crippen LogP contribution in [0.1, 0.15) is 65.7 Å². The third kappa shape index (κ3) is 8.57. The van der Waals surface area contributed by atoms with Gasteiger partial charge in [0.1, 0.15) is 0 Å². The second kappa shape index (κ2) is 10.8. The van der Waals surface area contributed by atoms with E-state index in [1.165, 1.54) is 12.8 Å². The van der Waals surface area contributed by atoms with Crippen molar-refractivity contribution in [2.45, 2.75) is 71.8 Å². The Hall–Kier alpha value is -0.730. The molecule has 0 rings (SSSR count). The van der Waals surface area contributed by atoms with Crippen LogP contribution in [0.15, 0.2) is 0 Å². The standard InChI is InChI=1S/C13H28N2O/c1-4-7-8-11-14-13(16)15-12(9-5-2)10-6-3/h12H,4-11H2,1-3H3,(H2,14,15,16). The summed E-state index contributed by atoms with van der Waals surface area (Å²) in [6.45, 7) is 7.27. The minimum Gasteiger partial charge on any atom is -0.338 e. The molecule has 0 saturated heterocycles. The van der Waals surface area contributed by atoms with Gasteiger partial charge in [0.15, 0.2) is 0 Å². The maximum absolute atomic E-state index is 11.5. The van der Waals surface area contributed by atoms with Gasteiger partial charge in [-0.05, 0) is 19.3 Å². The van der Waals surface area contributed by atoms with E-state index in [2.05, 4.69) is 31.4 Å². The van der Waals surface area contributed by atoms with Crippen molar-refractivity contribution < 1.29 is 4.79 Å². The van der Waals surface area contributed by atoms with Crippen molar-refractivity contribution in [2.75, 3.05) is 6.54 Å². The van der Waals surface area contributed by atoms with E-state index < -0.39 is 0 Å². The largest absolute Gasteiger partial charge is 0.338 e. The van der Waals surface area contributed by atoms with Crippen molar-refractivity contribution in [1.29, 1.82) is 0 Å². The molecule has 0 aromatic heterocycles. The molecule has 0 atom stereocenters. The van der Waals surface area contributed by atoms with Gasteiger partial charge in [-0.15, -0.1) is 0 Å². The summed E-state index contributed by atoms with van der Waals surface area (Å²) in [7, 11) is 0. The van der Waals surface area contributed by atoms with E-state index >= 15 is 0 Å². The van der Waals surface area contributed by atoms with Crippen LogP contribution in [0.25, 0.3) is 0 Å². The highest BCUT2D eigenvalue weighted by molar-refractivity contribution is 5.74. The first kappa shape index (κ1) is 15.3. The first-order valence-corrected chi connectivity index (χ1v) is 6.78. The lowest BCUT2D eigenvalue weighted by Gasteiger charge is -2.17. The number of hydrogen-bond donors (Lipinski definition) is 2. The Kier molecular flexibility index (Phi) is 10.3. The van der Waals surface area contributed by atoms with Gasteiger partial charge >= 0.3 is 6.03 Å². The monoisotopic (exact) mass is 228 g/mol. The molecule has 0 heterocycles. The molecule has 0 aliphatic rings. The fraction of sp³-hybridized carbons (Fsp3) is 0.923. The normalized spacial score (nSPS) is 10.5. The minimum atomic E-state index is 0.00278. The molecule has 0 fully saturated rings. The number of rotatable bonds is 9. The van der Waals surface area contributed by atoms with Gasteiger partial charge in [-0.2, -0.15) is 0 Å². The zero-order valence-electron chi connectivity index (χ0n) is 11.1. The average Bonchev–Trinajstić information content (AvgIpc) is 2.25. The van der Waals surface area contributed by atoms with Crippen LogP contribution in [0.4, 0.5) is 4.79 Å². The topological polar surface area (TPSA) is 41.1 Å². The summed E-state index contributed by atoms with van der Waals surface area (Å²) in [6.07, 6.45) is 7.87. The van der Waals surface area contributed by atoms with Gasteiger partial charge in [-0.1, -0.05) is 46.5 Å². The van der Waals surface area contributed by atoms with Gasteiger partial charge in [0.05, 0.1) is 0 Å². The highest BCUT2D eigenvalue weighted by Crippen LogP contribution is 2.04. The second-order valence-electron chi connectivity index (χ2n) is 4.38. The number of carbonyl (C=O) groups excluding carboxylic acids is 1. The molecule has 0 aliphatic carbocycles. The van der Waals surface area contributed by atoms with E-state index in [9.17, 15) is 4.79 Å². The highest BCUT2D eigenvalue weighted by Gasteiger charge is 2.09. The maximum atomic E-state index is 11.5. The molecular formula is C13H28N2O. The lowest BCUT2D eigenvalue weighted by atomic mass is 10.1. The SMILES string of the molecule is CCCCCNC(=O)NC(CCC)CCC. The van der Waals surface area contributed by atoms with Crippen LogP contribution >= 0.6 is 0 Å². The Morgan fingerprint density at radius 2 is 1.62 bits per heavy atom. The summed E-state index contributed by atoms with van der Waals surface area (Å²) >= 11 is 0. The van der Waals surface area contributed by atoms with Crippen LogP contribution in [0.2, 0.25) is 0 Å². The third-order valence-corrected chi connectivity index (χ3v) is 2.68. The summed E-state index contributed by atoms with van der Waals surface area (Å²) in [5.74, 6) is 0. The Morgan fingerprint density at radius 1 is 1.00 bits per heavy atom. The van der Waals surface area contributed by atoms with Crippen LogP contribution in [0, 0.1) is 0 Å². The van der Waals surface area contributed by atoms with E-state index in [1.807, 2.05) is 0 Å². The summed E-state index contributed by atoms with van der Waals surface area (Å²) in [5, 5.41) is 5.96. The first-order valence-electron chi connectivity index (χ1n) is 6.78. The average molecular weight is 228 g/mol. The Bertz CT molecular complexity index is 165. The fourth-order valence-corrected chi connectivity index (χ4v) is 1.80. The fourth-order valence-electron chi connectivity index (χ4n) is 1.80. The molecule has 0 aliphatic heterocycles. The van der Waals surface area contributed by atoms with E-state index in [0.29, 0.717) is 6.04 Å². The molecule has 96 valence electrons. The van der Waals surface area contributed by atoms with E-state index in [-0.39, 0.29) is 6.03 Å². The summed E-state index contributed by atoms with van der Waals surface area (Å²) < 4.78 is 0. The molecule has 16 heavy (non-hydrogen) atoms. The molecule has 0 aromatic rings. The van der Waals surface area contributed by atoms with Crippen LogP contribution in [-0.2, 0) is 0 Å². The first-order chi connectivity index (χ1) is 7.74. The maximum Gasteiger partial charge on any atom is 0.315 e. The van der Waals surface area contributed by atoms with Gasteiger partial charge in [-0.25, -0.2) is 4.79 Å². The smallest absolute Gasteiger partial charge is 0.315 e. The van der Waals surface area contributed by atoms with Crippen LogP contribution in [0.3, 0.4) is 0 Å². The molecule has 0 unspecified atom stereocenters. The third-order valence-electron chi connectivity index (χ3n) is 2.68. The highest BCUT2D eigenvalue weighted by atomic mass is 16.2. The lowest BCUT2D eigenvalue weighted by Crippen LogP contribution is -2.42. The van der Waals surface area contributed by atoms with Gasteiger partial charge < -0.3 is 10.6 Å². The Labute approximate surface area is 100 Å². The number of hydrogen-bond acceptors (Lipinski definition) is 1. The number of amides is 2. The van der Waals surface area contributed by atoms with Crippen molar-refractivity contribution in [3.63, 3.8) is 0 Å². The molecule has 0 spiro atoms. The molecule has 0 aromatic carbocycles. The van der Waals surface area contributed by atoms with Crippen LogP contribution in [0.5, 0.6) is 0 Å². The summed E-state index contributed by atoms with van der Waals surface area (Å²) in [6, 6.07) is 0.351. The zero-order chi connectivity index (χ0) is 12.2. The lowest BCUT2D eigenvalue weighted by molar-refractivity contribution is 0.235. The Morgan fingerprint density at radius 3 is 2.12 bits per heavy atom. The van der Waals surface area contributed by atoms with Gasteiger partial charge in [0.2, 0.25) is 0 Å². The number of unbranched alkanes of at least 4 members (excludes halogenated alkanes) is 2. The molecule has 0 saturated carbocycles. The summed E-state index contributed by atoms with van der Waals surface area (Å²) in [5.41, 5.74) is 0. The molecule has 2 N–H and O–H groups in total. The van der Waals surface area contributed by atoms with Crippen LogP contribution in [-0.4, -0.2) is 18.6 Å². The predicted molar refractivity (Wildman–Crippen MR) is 69.7 cm³/mol. The molecule has 2 amide bonds. The van der Waals surface area contributed by atoms with Crippen molar-refractivity contribution in [3.8, 4) is 0 Å². The van der Waals surface area contributed by atoms with Crippen molar-refractivity contribution >= 4 is 6.03 Å². The van der Waals surface area contributed by atoms with E-state index in [0.717, 1.165) is 38.6 Å². The molecule has 3 heteroatoms. The molecular weight excluding hydrogens is 200 g/mol. The second-order valence-corrected chi connectivity index (χ2v) is 4.38. The predicted octanol–water partition coefficient (Wildman–Crippen LogP) is 3.44. The Balaban J connectivity index is 3.63. The molecule has 3 nitrogen and oxygen atoms in total. The molecule has 0 radical (unpaired) electrons. The molecule has 0 bridgehead atoms. The quantitative estimate of drug-likeness (QED) is 0.583. The van der Waals surface area contributed by atoms with E-state index in [4.69, 9.17) is 0 Å². The minimum absolute atomic E-state index is 0.00278. The van der Waals surface area contributed by atoms with Crippen LogP contribution < -0.4 is 10.6 Å². The number of carbonyl (C=O) groups is 1. The van der Waals surface area contributed by atoms with Gasteiger partial charge in [-0.3, -0.25) is 0 Å². The van der Waals surface area contributed by atoms with E-state index in [1.54, 1.807) is 0 Å². The van der Waals surface area contributed by atoms with Gasteiger partial charge in [0, 0.05) is 12.6 Å².